The normalized spacial score (nSPS) is 12.5. The standard InChI is InChI=1S/C15H16N2O4/c1-3-11-14(9(2)21-17-11)15(18)16-7-10-4-5-12-13(6-10)20-8-19-12/h4-6H,3,7-8H2,1-2H3,(H,16,18). The summed E-state index contributed by atoms with van der Waals surface area (Å²) in [7, 11) is 0. The summed E-state index contributed by atoms with van der Waals surface area (Å²) in [5.74, 6) is 1.80. The smallest absolute Gasteiger partial charge is 0.257 e. The van der Waals surface area contributed by atoms with Gasteiger partial charge in [0.15, 0.2) is 11.5 Å². The van der Waals surface area contributed by atoms with Gasteiger partial charge in [-0.3, -0.25) is 4.79 Å². The first-order valence-electron chi connectivity index (χ1n) is 6.81. The SMILES string of the molecule is CCc1noc(C)c1C(=O)NCc1ccc2c(c1)OCO2. The van der Waals surface area contributed by atoms with Crippen molar-refractivity contribution < 1.29 is 18.8 Å². The number of carbonyl (C=O) groups is 1. The van der Waals surface area contributed by atoms with E-state index in [1.165, 1.54) is 0 Å². The number of carbonyl (C=O) groups excluding carboxylic acids is 1. The zero-order valence-corrected chi connectivity index (χ0v) is 11.9. The molecule has 2 aromatic rings. The summed E-state index contributed by atoms with van der Waals surface area (Å²) in [6.07, 6.45) is 0.657. The third-order valence-electron chi connectivity index (χ3n) is 3.39. The minimum atomic E-state index is -0.178. The molecule has 0 radical (unpaired) electrons. The van der Waals surface area contributed by atoms with Crippen LogP contribution in [0.15, 0.2) is 22.7 Å². The fourth-order valence-corrected chi connectivity index (χ4v) is 2.27. The molecule has 21 heavy (non-hydrogen) atoms. The molecule has 1 N–H and O–H groups in total. The quantitative estimate of drug-likeness (QED) is 0.933. The first kappa shape index (κ1) is 13.5. The molecule has 2 heterocycles. The summed E-state index contributed by atoms with van der Waals surface area (Å²) in [5, 5.41) is 6.76. The van der Waals surface area contributed by atoms with Gasteiger partial charge >= 0.3 is 0 Å². The lowest BCUT2D eigenvalue weighted by Gasteiger charge is -2.06. The van der Waals surface area contributed by atoms with E-state index >= 15 is 0 Å². The number of benzene rings is 1. The molecule has 0 unspecified atom stereocenters. The van der Waals surface area contributed by atoms with Crippen molar-refractivity contribution in [3.63, 3.8) is 0 Å². The highest BCUT2D eigenvalue weighted by atomic mass is 16.7. The summed E-state index contributed by atoms with van der Waals surface area (Å²) in [5.41, 5.74) is 2.15. The van der Waals surface area contributed by atoms with Crippen LogP contribution in [0, 0.1) is 6.92 Å². The van der Waals surface area contributed by atoms with Gasteiger partial charge in [-0.25, -0.2) is 0 Å². The molecule has 1 amide bonds. The van der Waals surface area contributed by atoms with Gasteiger partial charge < -0.3 is 19.3 Å². The van der Waals surface area contributed by atoms with Crippen LogP contribution < -0.4 is 14.8 Å². The van der Waals surface area contributed by atoms with Crippen molar-refractivity contribution in [1.82, 2.24) is 10.5 Å². The minimum absolute atomic E-state index is 0.178. The van der Waals surface area contributed by atoms with Crippen LogP contribution in [0.3, 0.4) is 0 Å². The van der Waals surface area contributed by atoms with E-state index < -0.39 is 0 Å². The van der Waals surface area contributed by atoms with Gasteiger partial charge in [0, 0.05) is 6.54 Å². The third kappa shape index (κ3) is 2.56. The van der Waals surface area contributed by atoms with E-state index in [4.69, 9.17) is 14.0 Å². The molecule has 6 nitrogen and oxygen atoms in total. The summed E-state index contributed by atoms with van der Waals surface area (Å²) >= 11 is 0. The Morgan fingerprint density at radius 1 is 1.33 bits per heavy atom. The highest BCUT2D eigenvalue weighted by molar-refractivity contribution is 5.96. The van der Waals surface area contributed by atoms with E-state index in [0.29, 0.717) is 35.7 Å². The van der Waals surface area contributed by atoms with Crippen molar-refractivity contribution in [3.05, 3.63) is 40.8 Å². The van der Waals surface area contributed by atoms with E-state index in [0.717, 1.165) is 11.3 Å². The summed E-state index contributed by atoms with van der Waals surface area (Å²) < 4.78 is 15.6. The van der Waals surface area contributed by atoms with Crippen molar-refractivity contribution in [1.29, 1.82) is 0 Å². The molecule has 0 bridgehead atoms. The average molecular weight is 288 g/mol. The van der Waals surface area contributed by atoms with Gasteiger partial charge in [-0.2, -0.15) is 0 Å². The first-order valence-corrected chi connectivity index (χ1v) is 6.81. The van der Waals surface area contributed by atoms with Crippen LogP contribution in [0.5, 0.6) is 11.5 Å². The van der Waals surface area contributed by atoms with Crippen molar-refractivity contribution in [3.8, 4) is 11.5 Å². The first-order chi connectivity index (χ1) is 10.2. The second-order valence-electron chi connectivity index (χ2n) is 4.78. The number of hydrogen-bond acceptors (Lipinski definition) is 5. The highest BCUT2D eigenvalue weighted by Gasteiger charge is 2.19. The predicted octanol–water partition coefficient (Wildman–Crippen LogP) is 2.20. The fourth-order valence-electron chi connectivity index (χ4n) is 2.27. The number of ether oxygens (including phenoxy) is 2. The van der Waals surface area contributed by atoms with Crippen LogP contribution in [0.4, 0.5) is 0 Å². The monoisotopic (exact) mass is 288 g/mol. The molecule has 1 aromatic heterocycles. The van der Waals surface area contributed by atoms with E-state index in [9.17, 15) is 4.79 Å². The molecule has 6 heteroatoms. The Balaban J connectivity index is 1.70. The minimum Gasteiger partial charge on any atom is -0.454 e. The second-order valence-corrected chi connectivity index (χ2v) is 4.78. The lowest BCUT2D eigenvalue weighted by atomic mass is 10.1. The number of aromatic nitrogens is 1. The molecular weight excluding hydrogens is 272 g/mol. The Morgan fingerprint density at radius 2 is 2.14 bits per heavy atom. The molecule has 0 fully saturated rings. The molecule has 0 spiro atoms. The molecule has 3 rings (SSSR count). The van der Waals surface area contributed by atoms with Crippen LogP contribution in [0.1, 0.15) is 34.3 Å². The Labute approximate surface area is 122 Å². The maximum Gasteiger partial charge on any atom is 0.257 e. The van der Waals surface area contributed by atoms with E-state index in [2.05, 4.69) is 10.5 Å². The molecule has 110 valence electrons. The number of nitrogens with zero attached hydrogens (tertiary/aromatic N) is 1. The Hall–Kier alpha value is -2.50. The van der Waals surface area contributed by atoms with E-state index in [1.54, 1.807) is 6.92 Å². The van der Waals surface area contributed by atoms with E-state index in [-0.39, 0.29) is 12.7 Å². The van der Waals surface area contributed by atoms with Crippen LogP contribution in [0.25, 0.3) is 0 Å². The average Bonchev–Trinajstić information content (AvgIpc) is 3.10. The Kier molecular flexibility index (Phi) is 3.51. The Morgan fingerprint density at radius 3 is 2.95 bits per heavy atom. The van der Waals surface area contributed by atoms with Gasteiger partial charge in [-0.15, -0.1) is 0 Å². The molecular formula is C15H16N2O4. The molecule has 0 aliphatic carbocycles. The van der Waals surface area contributed by atoms with Gasteiger partial charge in [0.1, 0.15) is 11.3 Å². The van der Waals surface area contributed by atoms with Crippen LogP contribution in [-0.2, 0) is 13.0 Å². The molecule has 1 aliphatic rings. The van der Waals surface area contributed by atoms with Crippen LogP contribution in [-0.4, -0.2) is 17.9 Å². The zero-order valence-electron chi connectivity index (χ0n) is 11.9. The highest BCUT2D eigenvalue weighted by Crippen LogP contribution is 2.32. The molecule has 0 saturated carbocycles. The van der Waals surface area contributed by atoms with Crippen LogP contribution in [0.2, 0.25) is 0 Å². The topological polar surface area (TPSA) is 73.6 Å². The molecule has 1 aliphatic heterocycles. The molecule has 0 atom stereocenters. The fraction of sp³-hybridized carbons (Fsp3) is 0.333. The van der Waals surface area contributed by atoms with Crippen molar-refractivity contribution >= 4 is 5.91 Å². The summed E-state index contributed by atoms with van der Waals surface area (Å²) in [4.78, 5) is 12.2. The number of nitrogens with one attached hydrogen (secondary N) is 1. The molecule has 0 saturated heterocycles. The molecule has 1 aromatic carbocycles. The summed E-state index contributed by atoms with van der Waals surface area (Å²) in [6.45, 7) is 4.32. The Bertz CT molecular complexity index is 678. The third-order valence-corrected chi connectivity index (χ3v) is 3.39. The summed E-state index contributed by atoms with van der Waals surface area (Å²) in [6, 6.07) is 5.60. The van der Waals surface area contributed by atoms with Gasteiger partial charge in [0.2, 0.25) is 6.79 Å². The van der Waals surface area contributed by atoms with Crippen molar-refractivity contribution in [2.75, 3.05) is 6.79 Å². The van der Waals surface area contributed by atoms with E-state index in [1.807, 2.05) is 25.1 Å². The predicted molar refractivity (Wildman–Crippen MR) is 74.4 cm³/mol. The lowest BCUT2D eigenvalue weighted by molar-refractivity contribution is 0.0948. The lowest BCUT2D eigenvalue weighted by Crippen LogP contribution is -2.24. The number of hydrogen-bond donors (Lipinski definition) is 1. The zero-order chi connectivity index (χ0) is 14.8. The van der Waals surface area contributed by atoms with Gasteiger partial charge in [0.25, 0.3) is 5.91 Å². The number of fused-ring (bicyclic) bond motifs is 1. The van der Waals surface area contributed by atoms with Crippen molar-refractivity contribution in [2.45, 2.75) is 26.8 Å². The second kappa shape index (κ2) is 5.47. The number of amides is 1. The van der Waals surface area contributed by atoms with Crippen molar-refractivity contribution in [2.24, 2.45) is 0 Å². The van der Waals surface area contributed by atoms with Gasteiger partial charge in [0.05, 0.1) is 5.69 Å². The maximum absolute atomic E-state index is 12.2. The maximum atomic E-state index is 12.2. The van der Waals surface area contributed by atoms with Gasteiger partial charge in [-0.1, -0.05) is 18.1 Å². The van der Waals surface area contributed by atoms with Gasteiger partial charge in [-0.05, 0) is 31.0 Å². The largest absolute Gasteiger partial charge is 0.454 e. The van der Waals surface area contributed by atoms with Crippen LogP contribution >= 0.6 is 0 Å². The number of rotatable bonds is 4. The number of aryl methyl sites for hydroxylation is 2.